The number of anilines is 1. The van der Waals surface area contributed by atoms with Crippen LogP contribution in [0, 0.1) is 6.92 Å². The van der Waals surface area contributed by atoms with E-state index in [0.29, 0.717) is 27.8 Å². The molecule has 0 saturated heterocycles. The van der Waals surface area contributed by atoms with Gasteiger partial charge in [0.15, 0.2) is 0 Å². The molecule has 29 heavy (non-hydrogen) atoms. The molecule has 7 nitrogen and oxygen atoms in total. The number of carbonyl (C=O) groups excluding carboxylic acids is 2. The SMILES string of the molecule is COc1ccc(-n2nc3cc(C)c(N4C(=O)c5ccccc5C4=O)cc3n2)cc1. The summed E-state index contributed by atoms with van der Waals surface area (Å²) in [4.78, 5) is 28.4. The van der Waals surface area contributed by atoms with Crippen LogP contribution in [0.3, 0.4) is 0 Å². The molecule has 1 aliphatic rings. The van der Waals surface area contributed by atoms with Gasteiger partial charge < -0.3 is 4.74 Å². The van der Waals surface area contributed by atoms with Gasteiger partial charge in [0, 0.05) is 0 Å². The zero-order valence-electron chi connectivity index (χ0n) is 15.8. The Morgan fingerprint density at radius 1 is 0.828 bits per heavy atom. The molecule has 1 aromatic heterocycles. The topological polar surface area (TPSA) is 77.3 Å². The van der Waals surface area contributed by atoms with Gasteiger partial charge in [-0.15, -0.1) is 10.2 Å². The minimum atomic E-state index is -0.324. The Labute approximate surface area is 166 Å². The van der Waals surface area contributed by atoms with Gasteiger partial charge >= 0.3 is 0 Å². The van der Waals surface area contributed by atoms with Gasteiger partial charge in [-0.2, -0.15) is 4.80 Å². The molecule has 2 amide bonds. The molecule has 1 aliphatic heterocycles. The molecule has 0 fully saturated rings. The molecule has 0 bridgehead atoms. The van der Waals surface area contributed by atoms with Crippen LogP contribution in [0.1, 0.15) is 26.3 Å². The van der Waals surface area contributed by atoms with Gasteiger partial charge in [0.2, 0.25) is 0 Å². The molecule has 0 spiro atoms. The summed E-state index contributed by atoms with van der Waals surface area (Å²) >= 11 is 0. The Balaban J connectivity index is 1.59. The average Bonchev–Trinajstić information content (AvgIpc) is 3.26. The van der Waals surface area contributed by atoms with E-state index in [2.05, 4.69) is 10.2 Å². The number of amides is 2. The van der Waals surface area contributed by atoms with E-state index in [1.54, 1.807) is 37.4 Å². The fourth-order valence-corrected chi connectivity index (χ4v) is 3.54. The maximum atomic E-state index is 12.8. The fourth-order valence-electron chi connectivity index (χ4n) is 3.54. The summed E-state index contributed by atoms with van der Waals surface area (Å²) in [6.45, 7) is 1.85. The van der Waals surface area contributed by atoms with Crippen molar-refractivity contribution in [3.05, 3.63) is 77.4 Å². The molecule has 0 saturated carbocycles. The zero-order valence-corrected chi connectivity index (χ0v) is 15.8. The molecule has 7 heteroatoms. The van der Waals surface area contributed by atoms with E-state index in [1.807, 2.05) is 37.3 Å². The van der Waals surface area contributed by atoms with Gasteiger partial charge in [0.1, 0.15) is 16.8 Å². The highest BCUT2D eigenvalue weighted by Crippen LogP contribution is 2.32. The number of imide groups is 1. The van der Waals surface area contributed by atoms with Crippen molar-refractivity contribution in [1.29, 1.82) is 0 Å². The highest BCUT2D eigenvalue weighted by atomic mass is 16.5. The summed E-state index contributed by atoms with van der Waals surface area (Å²) in [5.74, 6) is 0.0976. The van der Waals surface area contributed by atoms with Gasteiger partial charge in [-0.3, -0.25) is 9.59 Å². The van der Waals surface area contributed by atoms with Crippen molar-refractivity contribution in [1.82, 2.24) is 15.0 Å². The molecule has 0 N–H and O–H groups in total. The maximum absolute atomic E-state index is 12.8. The highest BCUT2D eigenvalue weighted by Gasteiger charge is 2.37. The van der Waals surface area contributed by atoms with E-state index >= 15 is 0 Å². The second kappa shape index (κ2) is 6.27. The molecule has 0 aliphatic carbocycles. The number of hydrogen-bond acceptors (Lipinski definition) is 5. The third kappa shape index (κ3) is 2.59. The predicted molar refractivity (Wildman–Crippen MR) is 108 cm³/mol. The van der Waals surface area contributed by atoms with Gasteiger partial charge in [0.05, 0.1) is 29.6 Å². The summed E-state index contributed by atoms with van der Waals surface area (Å²) < 4.78 is 5.18. The zero-order chi connectivity index (χ0) is 20.1. The summed E-state index contributed by atoms with van der Waals surface area (Å²) in [6.07, 6.45) is 0. The number of aryl methyl sites for hydroxylation is 1. The van der Waals surface area contributed by atoms with Crippen LogP contribution in [0.25, 0.3) is 16.7 Å². The van der Waals surface area contributed by atoms with Crippen LogP contribution in [0.2, 0.25) is 0 Å². The number of hydrogen-bond donors (Lipinski definition) is 0. The molecule has 0 radical (unpaired) electrons. The van der Waals surface area contributed by atoms with Crippen molar-refractivity contribution in [2.45, 2.75) is 6.92 Å². The minimum Gasteiger partial charge on any atom is -0.497 e. The van der Waals surface area contributed by atoms with Crippen molar-refractivity contribution < 1.29 is 14.3 Å². The molecule has 3 aromatic carbocycles. The molecule has 0 unspecified atom stereocenters. The molecule has 2 heterocycles. The van der Waals surface area contributed by atoms with Gasteiger partial charge in [0.25, 0.3) is 11.8 Å². The quantitative estimate of drug-likeness (QED) is 0.505. The number of carbonyl (C=O) groups is 2. The van der Waals surface area contributed by atoms with E-state index < -0.39 is 0 Å². The maximum Gasteiger partial charge on any atom is 0.266 e. The number of ether oxygens (including phenoxy) is 1. The second-order valence-corrected chi connectivity index (χ2v) is 6.81. The van der Waals surface area contributed by atoms with Crippen LogP contribution in [0.15, 0.2) is 60.7 Å². The van der Waals surface area contributed by atoms with Crippen LogP contribution >= 0.6 is 0 Å². The van der Waals surface area contributed by atoms with E-state index in [-0.39, 0.29) is 11.8 Å². The Bertz CT molecular complexity index is 1260. The lowest BCUT2D eigenvalue weighted by molar-refractivity contribution is 0.0926. The molecule has 0 atom stereocenters. The van der Waals surface area contributed by atoms with Crippen molar-refractivity contribution in [3.63, 3.8) is 0 Å². The normalized spacial score (nSPS) is 13.2. The Morgan fingerprint density at radius 3 is 2.00 bits per heavy atom. The number of fused-ring (bicyclic) bond motifs is 2. The van der Waals surface area contributed by atoms with E-state index in [0.717, 1.165) is 17.0 Å². The van der Waals surface area contributed by atoms with Gasteiger partial charge in [-0.25, -0.2) is 4.90 Å². The number of methoxy groups -OCH3 is 1. The van der Waals surface area contributed by atoms with E-state index in [9.17, 15) is 9.59 Å². The Hall–Kier alpha value is -4.00. The molecular weight excluding hydrogens is 368 g/mol. The third-order valence-electron chi connectivity index (χ3n) is 5.04. The van der Waals surface area contributed by atoms with Crippen molar-refractivity contribution in [2.24, 2.45) is 0 Å². The lowest BCUT2D eigenvalue weighted by Crippen LogP contribution is -2.30. The van der Waals surface area contributed by atoms with E-state index in [1.165, 1.54) is 9.70 Å². The summed E-state index contributed by atoms with van der Waals surface area (Å²) in [6, 6.07) is 17.8. The molecular formula is C22H16N4O3. The van der Waals surface area contributed by atoms with Crippen molar-refractivity contribution >= 4 is 28.5 Å². The number of nitrogens with zero attached hydrogens (tertiary/aromatic N) is 4. The first-order chi connectivity index (χ1) is 14.1. The monoisotopic (exact) mass is 384 g/mol. The summed E-state index contributed by atoms with van der Waals surface area (Å²) in [5.41, 5.74) is 4.18. The number of aromatic nitrogens is 3. The molecule has 5 rings (SSSR count). The largest absolute Gasteiger partial charge is 0.497 e. The lowest BCUT2D eigenvalue weighted by atomic mass is 10.1. The first kappa shape index (κ1) is 17.1. The van der Waals surface area contributed by atoms with Crippen LogP contribution < -0.4 is 9.64 Å². The number of rotatable bonds is 3. The van der Waals surface area contributed by atoms with Crippen LogP contribution in [-0.4, -0.2) is 33.9 Å². The Kier molecular flexibility index (Phi) is 3.70. The highest BCUT2D eigenvalue weighted by molar-refractivity contribution is 6.34. The van der Waals surface area contributed by atoms with E-state index in [4.69, 9.17) is 4.74 Å². The fraction of sp³-hybridized carbons (Fsp3) is 0.0909. The third-order valence-corrected chi connectivity index (χ3v) is 5.04. The lowest BCUT2D eigenvalue weighted by Gasteiger charge is -2.16. The van der Waals surface area contributed by atoms with Crippen molar-refractivity contribution in [2.75, 3.05) is 12.0 Å². The summed E-state index contributed by atoms with van der Waals surface area (Å²) in [5, 5.41) is 9.05. The first-order valence-corrected chi connectivity index (χ1v) is 9.07. The van der Waals surface area contributed by atoms with Crippen LogP contribution in [0.4, 0.5) is 5.69 Å². The summed E-state index contributed by atoms with van der Waals surface area (Å²) in [7, 11) is 1.61. The minimum absolute atomic E-state index is 0.324. The van der Waals surface area contributed by atoms with Crippen LogP contribution in [0.5, 0.6) is 5.75 Å². The average molecular weight is 384 g/mol. The first-order valence-electron chi connectivity index (χ1n) is 9.07. The van der Waals surface area contributed by atoms with Gasteiger partial charge in [-0.05, 0) is 61.0 Å². The second-order valence-electron chi connectivity index (χ2n) is 6.81. The Morgan fingerprint density at radius 2 is 1.41 bits per heavy atom. The number of benzene rings is 3. The van der Waals surface area contributed by atoms with Gasteiger partial charge in [-0.1, -0.05) is 12.1 Å². The standard InChI is InChI=1S/C22H16N4O3/c1-13-11-18-19(24-26(23-18)14-7-9-15(29-2)10-8-14)12-20(13)25-21(27)16-5-3-4-6-17(16)22(25)28/h3-12H,1-2H3. The van der Waals surface area contributed by atoms with Crippen molar-refractivity contribution in [3.8, 4) is 11.4 Å². The molecule has 4 aromatic rings. The smallest absolute Gasteiger partial charge is 0.266 e. The molecule has 142 valence electrons. The van der Waals surface area contributed by atoms with Crippen LogP contribution in [-0.2, 0) is 0 Å². The predicted octanol–water partition coefficient (Wildman–Crippen LogP) is 3.54.